The Morgan fingerprint density at radius 1 is 1.28 bits per heavy atom. The Balaban J connectivity index is 1.52. The SMILES string of the molecule is OC(CCN1CC2CCC1C2)c1ccc(Br)cc1. The summed E-state index contributed by atoms with van der Waals surface area (Å²) in [7, 11) is 0. The second-order valence-corrected chi connectivity index (χ2v) is 6.60. The van der Waals surface area contributed by atoms with Gasteiger partial charge in [-0.25, -0.2) is 0 Å². The van der Waals surface area contributed by atoms with Crippen LogP contribution in [-0.2, 0) is 0 Å². The molecule has 3 atom stereocenters. The first-order valence-corrected chi connectivity index (χ1v) is 7.69. The summed E-state index contributed by atoms with van der Waals surface area (Å²) in [6, 6.07) is 8.81. The number of rotatable bonds is 4. The quantitative estimate of drug-likeness (QED) is 0.922. The number of halogens is 1. The van der Waals surface area contributed by atoms with Crippen LogP contribution >= 0.6 is 15.9 Å². The number of hydrogen-bond acceptors (Lipinski definition) is 2. The highest BCUT2D eigenvalue weighted by Gasteiger charge is 2.37. The molecule has 1 aromatic rings. The summed E-state index contributed by atoms with van der Waals surface area (Å²) in [6.45, 7) is 2.30. The number of benzene rings is 1. The van der Waals surface area contributed by atoms with Gasteiger partial charge in [0.2, 0.25) is 0 Å². The van der Waals surface area contributed by atoms with E-state index in [1.807, 2.05) is 24.3 Å². The van der Waals surface area contributed by atoms with E-state index in [4.69, 9.17) is 0 Å². The van der Waals surface area contributed by atoms with E-state index in [1.54, 1.807) is 0 Å². The zero-order chi connectivity index (χ0) is 12.5. The fourth-order valence-corrected chi connectivity index (χ4v) is 3.70. The smallest absolute Gasteiger partial charge is 0.0802 e. The molecule has 1 N–H and O–H groups in total. The van der Waals surface area contributed by atoms with Crippen molar-refractivity contribution in [2.75, 3.05) is 13.1 Å². The van der Waals surface area contributed by atoms with Crippen molar-refractivity contribution in [1.82, 2.24) is 4.90 Å². The zero-order valence-corrected chi connectivity index (χ0v) is 12.1. The Labute approximate surface area is 117 Å². The highest BCUT2D eigenvalue weighted by Crippen LogP contribution is 2.37. The van der Waals surface area contributed by atoms with Gasteiger partial charge in [-0.3, -0.25) is 4.90 Å². The zero-order valence-electron chi connectivity index (χ0n) is 10.6. The van der Waals surface area contributed by atoms with Gasteiger partial charge in [0.25, 0.3) is 0 Å². The van der Waals surface area contributed by atoms with Crippen LogP contribution in [0, 0.1) is 5.92 Å². The van der Waals surface area contributed by atoms with Crippen molar-refractivity contribution in [3.63, 3.8) is 0 Å². The van der Waals surface area contributed by atoms with Crippen LogP contribution in [0.1, 0.15) is 37.4 Å². The van der Waals surface area contributed by atoms with Crippen molar-refractivity contribution in [2.45, 2.75) is 37.8 Å². The summed E-state index contributed by atoms with van der Waals surface area (Å²) < 4.78 is 1.07. The van der Waals surface area contributed by atoms with Gasteiger partial charge in [0.05, 0.1) is 6.10 Å². The third-order valence-corrected chi connectivity index (χ3v) is 5.00. The number of nitrogens with zero attached hydrogens (tertiary/aromatic N) is 1. The molecule has 3 heteroatoms. The lowest BCUT2D eigenvalue weighted by Crippen LogP contribution is -2.33. The number of aliphatic hydroxyl groups is 1. The molecule has 2 fully saturated rings. The first-order chi connectivity index (χ1) is 8.72. The molecule has 1 heterocycles. The van der Waals surface area contributed by atoms with Gasteiger partial charge in [0.15, 0.2) is 0 Å². The van der Waals surface area contributed by atoms with Gasteiger partial charge in [0.1, 0.15) is 0 Å². The topological polar surface area (TPSA) is 23.5 Å². The molecule has 98 valence electrons. The Bertz CT molecular complexity index is 405. The predicted molar refractivity (Wildman–Crippen MR) is 76.4 cm³/mol. The Kier molecular flexibility index (Phi) is 3.73. The van der Waals surface area contributed by atoms with Crippen molar-refractivity contribution in [2.24, 2.45) is 5.92 Å². The van der Waals surface area contributed by atoms with E-state index in [9.17, 15) is 5.11 Å². The third kappa shape index (κ3) is 2.63. The predicted octanol–water partition coefficient (Wildman–Crippen LogP) is 3.36. The molecule has 3 unspecified atom stereocenters. The van der Waals surface area contributed by atoms with E-state index in [1.165, 1.54) is 25.8 Å². The van der Waals surface area contributed by atoms with Crippen LogP contribution in [0.5, 0.6) is 0 Å². The molecule has 0 aromatic heterocycles. The van der Waals surface area contributed by atoms with E-state index < -0.39 is 0 Å². The highest BCUT2D eigenvalue weighted by atomic mass is 79.9. The van der Waals surface area contributed by atoms with Crippen LogP contribution < -0.4 is 0 Å². The lowest BCUT2D eigenvalue weighted by molar-refractivity contribution is 0.129. The lowest BCUT2D eigenvalue weighted by atomic mass is 10.1. The van der Waals surface area contributed by atoms with Gasteiger partial charge in [-0.15, -0.1) is 0 Å². The van der Waals surface area contributed by atoms with Crippen LogP contribution in [0.2, 0.25) is 0 Å². The molecule has 2 nitrogen and oxygen atoms in total. The molecule has 0 radical (unpaired) electrons. The number of aliphatic hydroxyl groups excluding tert-OH is 1. The number of hydrogen-bond donors (Lipinski definition) is 1. The molecule has 18 heavy (non-hydrogen) atoms. The maximum absolute atomic E-state index is 10.2. The molecular formula is C15H20BrNO. The maximum Gasteiger partial charge on any atom is 0.0802 e. The summed E-state index contributed by atoms with van der Waals surface area (Å²) in [6.07, 6.45) is 4.73. The third-order valence-electron chi connectivity index (χ3n) is 4.47. The summed E-state index contributed by atoms with van der Waals surface area (Å²) in [4.78, 5) is 2.58. The first-order valence-electron chi connectivity index (χ1n) is 6.90. The normalized spacial score (nSPS) is 28.8. The average molecular weight is 310 g/mol. The van der Waals surface area contributed by atoms with Crippen molar-refractivity contribution in [3.8, 4) is 0 Å². The van der Waals surface area contributed by atoms with Gasteiger partial charge in [-0.1, -0.05) is 28.1 Å². The summed E-state index contributed by atoms with van der Waals surface area (Å²) in [5.41, 5.74) is 1.03. The molecule has 1 saturated heterocycles. The molecule has 0 amide bonds. The molecule has 1 aromatic carbocycles. The fourth-order valence-electron chi connectivity index (χ4n) is 3.44. The Morgan fingerprint density at radius 3 is 2.67 bits per heavy atom. The standard InChI is InChI=1S/C15H20BrNO/c16-13-4-2-12(3-5-13)15(18)7-8-17-10-11-1-6-14(17)9-11/h2-5,11,14-15,18H,1,6-10H2. The minimum Gasteiger partial charge on any atom is -0.388 e. The molecule has 0 spiro atoms. The minimum atomic E-state index is -0.322. The van der Waals surface area contributed by atoms with E-state index in [2.05, 4.69) is 20.8 Å². The number of likely N-dealkylation sites (tertiary alicyclic amines) is 1. The molecule has 1 aliphatic heterocycles. The van der Waals surface area contributed by atoms with Crippen LogP contribution in [0.4, 0.5) is 0 Å². The average Bonchev–Trinajstić information content (AvgIpc) is 2.99. The van der Waals surface area contributed by atoms with Crippen molar-refractivity contribution < 1.29 is 5.11 Å². The largest absolute Gasteiger partial charge is 0.388 e. The Hall–Kier alpha value is -0.380. The number of piperidine rings is 1. The van der Waals surface area contributed by atoms with Crippen molar-refractivity contribution in [3.05, 3.63) is 34.3 Å². The van der Waals surface area contributed by atoms with Gasteiger partial charge in [0, 0.05) is 23.6 Å². The minimum absolute atomic E-state index is 0.322. The first kappa shape index (κ1) is 12.6. The molecule has 1 saturated carbocycles. The van der Waals surface area contributed by atoms with Crippen molar-refractivity contribution in [1.29, 1.82) is 0 Å². The summed E-state index contributed by atoms with van der Waals surface area (Å²) in [5, 5.41) is 10.2. The molecule has 1 aliphatic carbocycles. The van der Waals surface area contributed by atoms with Crippen LogP contribution in [0.25, 0.3) is 0 Å². The lowest BCUT2D eigenvalue weighted by Gasteiger charge is -2.27. The molecule has 2 bridgehead atoms. The van der Waals surface area contributed by atoms with Gasteiger partial charge < -0.3 is 5.11 Å². The van der Waals surface area contributed by atoms with E-state index in [0.717, 1.165) is 35.0 Å². The fraction of sp³-hybridized carbons (Fsp3) is 0.600. The van der Waals surface area contributed by atoms with E-state index in [-0.39, 0.29) is 6.10 Å². The van der Waals surface area contributed by atoms with Gasteiger partial charge >= 0.3 is 0 Å². The highest BCUT2D eigenvalue weighted by molar-refractivity contribution is 9.10. The monoisotopic (exact) mass is 309 g/mol. The second-order valence-electron chi connectivity index (χ2n) is 5.68. The van der Waals surface area contributed by atoms with Gasteiger partial charge in [-0.05, 0) is 49.3 Å². The van der Waals surface area contributed by atoms with E-state index >= 15 is 0 Å². The second kappa shape index (κ2) is 5.32. The maximum atomic E-state index is 10.2. The molecule has 2 aliphatic rings. The van der Waals surface area contributed by atoms with Crippen LogP contribution in [-0.4, -0.2) is 29.1 Å². The summed E-state index contributed by atoms with van der Waals surface area (Å²) >= 11 is 3.42. The molecule has 3 rings (SSSR count). The van der Waals surface area contributed by atoms with Crippen molar-refractivity contribution >= 4 is 15.9 Å². The number of fused-ring (bicyclic) bond motifs is 2. The van der Waals surface area contributed by atoms with Gasteiger partial charge in [-0.2, -0.15) is 0 Å². The summed E-state index contributed by atoms with van der Waals surface area (Å²) in [5.74, 6) is 0.944. The molecular weight excluding hydrogens is 290 g/mol. The Morgan fingerprint density at radius 2 is 2.06 bits per heavy atom. The van der Waals surface area contributed by atoms with Crippen LogP contribution in [0.3, 0.4) is 0 Å². The van der Waals surface area contributed by atoms with Crippen LogP contribution in [0.15, 0.2) is 28.7 Å². The van der Waals surface area contributed by atoms with E-state index in [0.29, 0.717) is 0 Å².